The van der Waals surface area contributed by atoms with Gasteiger partial charge in [0.25, 0.3) is 0 Å². The van der Waals surface area contributed by atoms with Gasteiger partial charge in [-0.15, -0.1) is 0 Å². The van der Waals surface area contributed by atoms with Crippen LogP contribution in [0.4, 0.5) is 4.79 Å². The summed E-state index contributed by atoms with van der Waals surface area (Å²) in [7, 11) is -2.38. The van der Waals surface area contributed by atoms with Crippen molar-refractivity contribution in [3.05, 3.63) is 39.5 Å². The van der Waals surface area contributed by atoms with E-state index >= 15 is 0 Å². The van der Waals surface area contributed by atoms with Gasteiger partial charge in [-0.1, -0.05) is 11.6 Å². The minimum absolute atomic E-state index is 0.00931. The van der Waals surface area contributed by atoms with Gasteiger partial charge in [-0.2, -0.15) is 5.10 Å². The molecule has 0 amide bonds. The lowest BCUT2D eigenvalue weighted by molar-refractivity contribution is 0.102. The van der Waals surface area contributed by atoms with Gasteiger partial charge in [-0.3, -0.25) is 4.79 Å². The van der Waals surface area contributed by atoms with Crippen LogP contribution in [0.15, 0.2) is 17.2 Å². The first-order chi connectivity index (χ1) is 12.5. The van der Waals surface area contributed by atoms with Gasteiger partial charge in [0.05, 0.1) is 23.2 Å². The van der Waals surface area contributed by atoms with Gasteiger partial charge < -0.3 is 9.47 Å². The molecule has 2 aromatic rings. The number of nitrogens with zero attached hydrogens (tertiary/aromatic N) is 2. The van der Waals surface area contributed by atoms with E-state index in [0.717, 1.165) is 13.4 Å². The Morgan fingerprint density at radius 3 is 2.41 bits per heavy atom. The van der Waals surface area contributed by atoms with Gasteiger partial charge in [0.2, 0.25) is 11.7 Å². The second-order valence-corrected chi connectivity index (χ2v) is 8.18. The van der Waals surface area contributed by atoms with Crippen molar-refractivity contribution in [3.8, 4) is 5.88 Å². The number of carbonyl (C=O) groups is 2. The zero-order valence-corrected chi connectivity index (χ0v) is 17.1. The van der Waals surface area contributed by atoms with Crippen LogP contribution < -0.4 is 4.74 Å². The van der Waals surface area contributed by atoms with E-state index in [9.17, 15) is 18.0 Å². The summed E-state index contributed by atoms with van der Waals surface area (Å²) in [5.74, 6) is -0.627. The molecule has 0 bridgehead atoms. The highest BCUT2D eigenvalue weighted by Crippen LogP contribution is 2.33. The average Bonchev–Trinajstić information content (AvgIpc) is 2.98. The van der Waals surface area contributed by atoms with E-state index in [2.05, 4.69) is 9.84 Å². The van der Waals surface area contributed by atoms with Crippen molar-refractivity contribution in [2.45, 2.75) is 32.2 Å². The lowest BCUT2D eigenvalue weighted by Crippen LogP contribution is -2.15. The Morgan fingerprint density at radius 1 is 1.26 bits per heavy atom. The summed E-state index contributed by atoms with van der Waals surface area (Å²) in [5, 5.41) is 4.04. The van der Waals surface area contributed by atoms with E-state index in [4.69, 9.17) is 16.3 Å². The largest absolute Gasteiger partial charge is 0.514 e. The van der Waals surface area contributed by atoms with Crippen LogP contribution >= 0.6 is 11.6 Å². The van der Waals surface area contributed by atoms with Gasteiger partial charge in [-0.05, 0) is 38.0 Å². The second kappa shape index (κ2) is 7.69. The predicted octanol–water partition coefficient (Wildman–Crippen LogP) is 2.95. The predicted molar refractivity (Wildman–Crippen MR) is 98.4 cm³/mol. The average molecular weight is 415 g/mol. The maximum Gasteiger partial charge on any atom is 0.514 e. The molecule has 0 aliphatic rings. The van der Waals surface area contributed by atoms with Crippen molar-refractivity contribution in [1.82, 2.24) is 9.78 Å². The Kier molecular flexibility index (Phi) is 5.96. The zero-order valence-electron chi connectivity index (χ0n) is 15.5. The van der Waals surface area contributed by atoms with Crippen LogP contribution in [0.25, 0.3) is 0 Å². The molecule has 0 unspecified atom stereocenters. The molecule has 146 valence electrons. The summed E-state index contributed by atoms with van der Waals surface area (Å²) in [6.07, 6.45) is 1.34. The number of aryl methyl sites for hydroxylation is 2. The minimum Gasteiger partial charge on any atom is -0.437 e. The van der Waals surface area contributed by atoms with Crippen molar-refractivity contribution < 1.29 is 27.5 Å². The normalized spacial score (nSPS) is 11.3. The molecule has 0 radical (unpaired) electrons. The maximum absolute atomic E-state index is 13.0. The van der Waals surface area contributed by atoms with Crippen molar-refractivity contribution in [1.29, 1.82) is 0 Å². The molecule has 10 heteroatoms. The first-order valence-corrected chi connectivity index (χ1v) is 10.2. The number of halogens is 1. The lowest BCUT2D eigenvalue weighted by Gasteiger charge is -2.14. The number of hydrogen-bond donors (Lipinski definition) is 0. The maximum atomic E-state index is 13.0. The topological polar surface area (TPSA) is 105 Å². The Balaban J connectivity index is 2.63. The smallest absolute Gasteiger partial charge is 0.437 e. The third kappa shape index (κ3) is 3.98. The molecular formula is C17H19ClN2O6S. The molecule has 8 nitrogen and oxygen atoms in total. The van der Waals surface area contributed by atoms with Gasteiger partial charge >= 0.3 is 6.16 Å². The van der Waals surface area contributed by atoms with E-state index in [1.54, 1.807) is 13.8 Å². The quantitative estimate of drug-likeness (QED) is 0.547. The molecule has 0 spiro atoms. The molecular weight excluding hydrogens is 396 g/mol. The van der Waals surface area contributed by atoms with Crippen LogP contribution in [0.5, 0.6) is 5.88 Å². The van der Waals surface area contributed by atoms with Gasteiger partial charge in [0.15, 0.2) is 9.84 Å². The fraction of sp³-hybridized carbons (Fsp3) is 0.353. The molecule has 0 atom stereocenters. The number of rotatable bonds is 5. The van der Waals surface area contributed by atoms with Crippen molar-refractivity contribution in [2.24, 2.45) is 0 Å². The lowest BCUT2D eigenvalue weighted by atomic mass is 10.0. The molecule has 0 N–H and O–H groups in total. The van der Waals surface area contributed by atoms with Crippen molar-refractivity contribution in [3.63, 3.8) is 0 Å². The first-order valence-electron chi connectivity index (χ1n) is 7.88. The van der Waals surface area contributed by atoms with Crippen molar-refractivity contribution in [2.75, 3.05) is 13.4 Å². The van der Waals surface area contributed by atoms with Crippen LogP contribution in [0, 0.1) is 13.8 Å². The Bertz CT molecular complexity index is 1030. The number of ether oxygens (including phenoxy) is 2. The highest BCUT2D eigenvalue weighted by Gasteiger charge is 2.27. The monoisotopic (exact) mass is 414 g/mol. The number of hydrogen-bond acceptors (Lipinski definition) is 7. The fourth-order valence-corrected chi connectivity index (χ4v) is 4.40. The highest BCUT2D eigenvalue weighted by atomic mass is 35.5. The Labute approximate surface area is 161 Å². The molecule has 0 fully saturated rings. The van der Waals surface area contributed by atoms with Crippen LogP contribution in [0.3, 0.4) is 0 Å². The fourth-order valence-electron chi connectivity index (χ4n) is 2.81. The SMILES string of the molecule is CCn1ncc(C(=O)c2cc(C)c(S(C)(=O)=O)c(C)c2Cl)c1OC(=O)OC. The van der Waals surface area contributed by atoms with Crippen LogP contribution in [-0.2, 0) is 21.1 Å². The molecule has 0 saturated carbocycles. The molecule has 1 aromatic carbocycles. The van der Waals surface area contributed by atoms with Crippen LogP contribution in [0.1, 0.15) is 34.0 Å². The first kappa shape index (κ1) is 20.9. The molecule has 27 heavy (non-hydrogen) atoms. The number of benzene rings is 1. The number of aromatic nitrogens is 2. The van der Waals surface area contributed by atoms with Gasteiger partial charge in [0.1, 0.15) is 5.56 Å². The number of ketones is 1. The van der Waals surface area contributed by atoms with E-state index in [1.807, 2.05) is 0 Å². The van der Waals surface area contributed by atoms with Gasteiger partial charge in [-0.25, -0.2) is 17.9 Å². The van der Waals surface area contributed by atoms with E-state index in [-0.39, 0.29) is 32.5 Å². The summed E-state index contributed by atoms with van der Waals surface area (Å²) < 4.78 is 34.9. The Morgan fingerprint density at radius 2 is 1.89 bits per heavy atom. The zero-order chi connectivity index (χ0) is 20.5. The van der Waals surface area contributed by atoms with E-state index < -0.39 is 21.8 Å². The summed E-state index contributed by atoms with van der Waals surface area (Å²) in [6.45, 7) is 5.22. The van der Waals surface area contributed by atoms with Crippen LogP contribution in [0.2, 0.25) is 5.02 Å². The van der Waals surface area contributed by atoms with E-state index in [0.29, 0.717) is 12.1 Å². The van der Waals surface area contributed by atoms with Crippen molar-refractivity contribution >= 4 is 33.4 Å². The summed E-state index contributed by atoms with van der Waals surface area (Å²) in [5.41, 5.74) is 0.765. The Hall–Kier alpha value is -2.39. The summed E-state index contributed by atoms with van der Waals surface area (Å²) in [6, 6.07) is 1.40. The highest BCUT2D eigenvalue weighted by molar-refractivity contribution is 7.90. The molecule has 0 saturated heterocycles. The van der Waals surface area contributed by atoms with Gasteiger partial charge in [0, 0.05) is 18.4 Å². The summed E-state index contributed by atoms with van der Waals surface area (Å²) >= 11 is 6.30. The third-order valence-electron chi connectivity index (χ3n) is 3.92. The second-order valence-electron chi connectivity index (χ2n) is 5.85. The molecule has 1 heterocycles. The third-order valence-corrected chi connectivity index (χ3v) is 5.78. The number of methoxy groups -OCH3 is 1. The number of carbonyl (C=O) groups excluding carboxylic acids is 2. The molecule has 1 aromatic heterocycles. The molecule has 2 rings (SSSR count). The molecule has 0 aliphatic carbocycles. The minimum atomic E-state index is -3.52. The van der Waals surface area contributed by atoms with Crippen LogP contribution in [-0.4, -0.2) is 43.5 Å². The van der Waals surface area contributed by atoms with E-state index in [1.165, 1.54) is 23.9 Å². The molecule has 0 aliphatic heterocycles. The summed E-state index contributed by atoms with van der Waals surface area (Å²) in [4.78, 5) is 24.6. The standard InChI is InChI=1S/C17H19ClN2O6S/c1-6-20-16(26-17(22)25-4)12(8-19-20)14(21)11-7-9(2)15(27(5,23)24)10(3)13(11)18/h7-8H,6H2,1-5H3. The number of sulfone groups is 1.